The van der Waals surface area contributed by atoms with Crippen molar-refractivity contribution in [2.45, 2.75) is 20.3 Å². The number of methoxy groups -OCH3 is 1. The van der Waals surface area contributed by atoms with Gasteiger partial charge < -0.3 is 4.74 Å². The topological polar surface area (TPSA) is 9.23 Å². The second-order valence-corrected chi connectivity index (χ2v) is 5.80. The first-order valence-corrected chi connectivity index (χ1v) is 7.83. The molecule has 2 aromatic rings. The lowest BCUT2D eigenvalue weighted by atomic mass is 10.1. The summed E-state index contributed by atoms with van der Waals surface area (Å²) in [6, 6.07) is 12.8. The molecule has 20 heavy (non-hydrogen) atoms. The Balaban J connectivity index is 2.24. The highest BCUT2D eigenvalue weighted by Crippen LogP contribution is 2.27. The van der Waals surface area contributed by atoms with Crippen molar-refractivity contribution in [1.82, 2.24) is 0 Å². The molecule has 0 saturated carbocycles. The minimum atomic E-state index is 0.938. The van der Waals surface area contributed by atoms with Crippen LogP contribution in [0.2, 0.25) is 0 Å². The molecule has 0 amide bonds. The zero-order valence-corrected chi connectivity index (χ0v) is 14.3. The van der Waals surface area contributed by atoms with Crippen molar-refractivity contribution in [3.8, 4) is 5.75 Å². The third-order valence-electron chi connectivity index (χ3n) is 3.46. The number of hydrogen-bond donors (Lipinski definition) is 0. The van der Waals surface area contributed by atoms with Crippen LogP contribution in [0.3, 0.4) is 0 Å². The molecule has 0 N–H and O–H groups in total. The van der Waals surface area contributed by atoms with Gasteiger partial charge in [0.05, 0.1) is 10.7 Å². The van der Waals surface area contributed by atoms with E-state index in [-0.39, 0.29) is 0 Å². The van der Waals surface area contributed by atoms with Gasteiger partial charge in [0.2, 0.25) is 0 Å². The first-order valence-electron chi connectivity index (χ1n) is 6.75. The van der Waals surface area contributed by atoms with E-state index in [4.69, 9.17) is 4.74 Å². The highest BCUT2D eigenvalue weighted by atomic mass is 127. The second kappa shape index (κ2) is 6.93. The summed E-state index contributed by atoms with van der Waals surface area (Å²) in [5.41, 5.74) is 5.09. The summed E-state index contributed by atoms with van der Waals surface area (Å²) < 4.78 is 6.51. The Morgan fingerprint density at radius 1 is 1.05 bits per heavy atom. The van der Waals surface area contributed by atoms with Gasteiger partial charge in [0.25, 0.3) is 0 Å². The molecule has 0 fully saturated rings. The van der Waals surface area contributed by atoms with Crippen molar-refractivity contribution in [3.05, 3.63) is 62.2 Å². The third-order valence-corrected chi connectivity index (χ3v) is 4.80. The molecule has 104 valence electrons. The van der Waals surface area contributed by atoms with Crippen molar-refractivity contribution in [1.29, 1.82) is 0 Å². The Morgan fingerprint density at radius 3 is 2.35 bits per heavy atom. The number of ether oxygens (including phenoxy) is 1. The van der Waals surface area contributed by atoms with E-state index in [2.05, 4.69) is 78.9 Å². The largest absolute Gasteiger partial charge is 0.496 e. The molecule has 0 atom stereocenters. The summed E-state index contributed by atoms with van der Waals surface area (Å²) in [5, 5.41) is 0. The minimum Gasteiger partial charge on any atom is -0.496 e. The van der Waals surface area contributed by atoms with E-state index >= 15 is 0 Å². The van der Waals surface area contributed by atoms with E-state index in [1.165, 1.54) is 25.8 Å². The molecular weight excluding hydrogens is 359 g/mol. The predicted molar refractivity (Wildman–Crippen MR) is 95.2 cm³/mol. The standard InChI is InChI=1S/C18H19IO/c1-4-14-5-7-15(8-6-14)9-10-16-11-12-17(20-3)18(19)13(16)2/h5-12H,4H2,1-3H3. The Morgan fingerprint density at radius 2 is 1.75 bits per heavy atom. The first-order chi connectivity index (χ1) is 9.65. The van der Waals surface area contributed by atoms with E-state index in [0.29, 0.717) is 0 Å². The van der Waals surface area contributed by atoms with Gasteiger partial charge in [0.1, 0.15) is 5.75 Å². The van der Waals surface area contributed by atoms with Crippen molar-refractivity contribution in [3.63, 3.8) is 0 Å². The molecule has 0 aromatic heterocycles. The first kappa shape index (κ1) is 15.1. The molecule has 1 nitrogen and oxygen atoms in total. The van der Waals surface area contributed by atoms with Crippen LogP contribution in [-0.2, 0) is 6.42 Å². The van der Waals surface area contributed by atoms with Crippen LogP contribution in [0.1, 0.15) is 29.2 Å². The van der Waals surface area contributed by atoms with E-state index in [0.717, 1.165) is 12.2 Å². The average Bonchev–Trinajstić information content (AvgIpc) is 2.49. The molecule has 0 unspecified atom stereocenters. The van der Waals surface area contributed by atoms with Gasteiger partial charge in [-0.25, -0.2) is 0 Å². The lowest BCUT2D eigenvalue weighted by Crippen LogP contribution is -1.92. The number of halogens is 1. The number of rotatable bonds is 4. The van der Waals surface area contributed by atoms with Crippen molar-refractivity contribution < 1.29 is 4.74 Å². The third kappa shape index (κ3) is 3.42. The fraction of sp³-hybridized carbons (Fsp3) is 0.222. The molecule has 0 heterocycles. The van der Waals surface area contributed by atoms with Crippen molar-refractivity contribution in [2.75, 3.05) is 7.11 Å². The van der Waals surface area contributed by atoms with Gasteiger partial charge in [-0.1, -0.05) is 49.4 Å². The van der Waals surface area contributed by atoms with Gasteiger partial charge in [0, 0.05) is 0 Å². The molecule has 2 aromatic carbocycles. The van der Waals surface area contributed by atoms with Gasteiger partial charge in [-0.2, -0.15) is 0 Å². The second-order valence-electron chi connectivity index (χ2n) is 4.72. The van der Waals surface area contributed by atoms with Gasteiger partial charge in [0.15, 0.2) is 0 Å². The molecule has 0 aliphatic heterocycles. The van der Waals surface area contributed by atoms with Crippen LogP contribution in [0.25, 0.3) is 12.2 Å². The average molecular weight is 378 g/mol. The van der Waals surface area contributed by atoms with Crippen LogP contribution in [0.15, 0.2) is 36.4 Å². The number of benzene rings is 2. The van der Waals surface area contributed by atoms with E-state index < -0.39 is 0 Å². The fourth-order valence-electron chi connectivity index (χ4n) is 2.06. The maximum atomic E-state index is 5.34. The highest BCUT2D eigenvalue weighted by molar-refractivity contribution is 14.1. The van der Waals surface area contributed by atoms with Crippen LogP contribution in [0.5, 0.6) is 5.75 Å². The molecular formula is C18H19IO. The fourth-order valence-corrected chi connectivity index (χ4v) is 2.78. The minimum absolute atomic E-state index is 0.938. The molecule has 0 bridgehead atoms. The van der Waals surface area contributed by atoms with Crippen LogP contribution in [0, 0.1) is 10.5 Å². The van der Waals surface area contributed by atoms with Crippen LogP contribution < -0.4 is 4.74 Å². The highest BCUT2D eigenvalue weighted by Gasteiger charge is 2.05. The monoisotopic (exact) mass is 378 g/mol. The van der Waals surface area contributed by atoms with Crippen molar-refractivity contribution in [2.24, 2.45) is 0 Å². The Labute approximate surface area is 134 Å². The molecule has 2 heteroatoms. The summed E-state index contributed by atoms with van der Waals surface area (Å²) in [4.78, 5) is 0. The normalized spacial score (nSPS) is 11.0. The van der Waals surface area contributed by atoms with E-state index in [1.54, 1.807) is 7.11 Å². The lowest BCUT2D eigenvalue weighted by molar-refractivity contribution is 0.411. The summed E-state index contributed by atoms with van der Waals surface area (Å²) in [7, 11) is 1.71. The number of aryl methyl sites for hydroxylation is 1. The maximum absolute atomic E-state index is 5.34. The van der Waals surface area contributed by atoms with Crippen LogP contribution >= 0.6 is 22.6 Å². The van der Waals surface area contributed by atoms with Gasteiger partial charge in [-0.05, 0) is 64.3 Å². The Hall–Kier alpha value is -1.29. The molecule has 0 saturated heterocycles. The molecule has 0 aliphatic carbocycles. The Kier molecular flexibility index (Phi) is 5.24. The maximum Gasteiger partial charge on any atom is 0.132 e. The summed E-state index contributed by atoms with van der Waals surface area (Å²) in [6.45, 7) is 4.30. The van der Waals surface area contributed by atoms with Gasteiger partial charge >= 0.3 is 0 Å². The molecule has 0 aliphatic rings. The lowest BCUT2D eigenvalue weighted by Gasteiger charge is -2.08. The summed E-state index contributed by atoms with van der Waals surface area (Å²) in [6.07, 6.45) is 5.40. The predicted octanol–water partition coefficient (Wildman–Crippen LogP) is 5.34. The summed E-state index contributed by atoms with van der Waals surface area (Å²) >= 11 is 2.34. The van der Waals surface area contributed by atoms with E-state index in [1.807, 2.05) is 6.07 Å². The van der Waals surface area contributed by atoms with E-state index in [9.17, 15) is 0 Å². The van der Waals surface area contributed by atoms with Crippen LogP contribution in [-0.4, -0.2) is 7.11 Å². The Bertz CT molecular complexity index is 612. The number of hydrogen-bond acceptors (Lipinski definition) is 1. The zero-order chi connectivity index (χ0) is 14.5. The molecule has 0 spiro atoms. The summed E-state index contributed by atoms with van der Waals surface area (Å²) in [5.74, 6) is 0.938. The van der Waals surface area contributed by atoms with Gasteiger partial charge in [-0.15, -0.1) is 0 Å². The molecule has 2 rings (SSSR count). The molecule has 0 radical (unpaired) electrons. The van der Waals surface area contributed by atoms with Gasteiger partial charge in [-0.3, -0.25) is 0 Å². The van der Waals surface area contributed by atoms with Crippen molar-refractivity contribution >= 4 is 34.7 Å². The van der Waals surface area contributed by atoms with Crippen LogP contribution in [0.4, 0.5) is 0 Å². The smallest absolute Gasteiger partial charge is 0.132 e. The zero-order valence-electron chi connectivity index (χ0n) is 12.1. The SMILES string of the molecule is CCc1ccc(C=Cc2ccc(OC)c(I)c2C)cc1. The quantitative estimate of drug-likeness (QED) is 0.516.